The van der Waals surface area contributed by atoms with E-state index in [4.69, 9.17) is 4.74 Å². The lowest BCUT2D eigenvalue weighted by Gasteiger charge is -2.11. The molecule has 0 bridgehead atoms. The minimum absolute atomic E-state index is 0.169. The lowest BCUT2D eigenvalue weighted by atomic mass is 10.0. The normalized spacial score (nSPS) is 11.4. The molecule has 2 aromatic carbocycles. The molecule has 4 aromatic rings. The van der Waals surface area contributed by atoms with Crippen LogP contribution in [0, 0.1) is 0 Å². The average molecular weight is 410 g/mol. The highest BCUT2D eigenvalue weighted by Gasteiger charge is 2.36. The molecule has 4 rings (SSSR count). The SMILES string of the molecule is O=C(Oc1nc(C(=O)c2ccccc2C(F)(F)F)n2ccccc12)c1ccccc1. The molecular formula is C22H13F3N2O3. The zero-order valence-corrected chi connectivity index (χ0v) is 15.3. The number of esters is 1. The zero-order valence-electron chi connectivity index (χ0n) is 15.3. The lowest BCUT2D eigenvalue weighted by molar-refractivity contribution is -0.137. The molecule has 0 saturated carbocycles. The molecule has 0 radical (unpaired) electrons. The standard InChI is InChI=1S/C22H13F3N2O3/c23-22(24,25)16-11-5-4-10-15(16)18(28)19-26-20(17-12-6-7-13-27(17)19)30-21(29)14-8-2-1-3-9-14/h1-13H. The molecule has 150 valence electrons. The van der Waals surface area contributed by atoms with Crippen LogP contribution in [0.5, 0.6) is 5.88 Å². The summed E-state index contributed by atoms with van der Waals surface area (Å²) < 4.78 is 46.7. The Labute approximate surface area is 168 Å². The third kappa shape index (κ3) is 3.55. The summed E-state index contributed by atoms with van der Waals surface area (Å²) in [4.78, 5) is 29.4. The first-order valence-corrected chi connectivity index (χ1v) is 8.81. The highest BCUT2D eigenvalue weighted by Crippen LogP contribution is 2.33. The van der Waals surface area contributed by atoms with Gasteiger partial charge in [-0.25, -0.2) is 4.79 Å². The van der Waals surface area contributed by atoms with E-state index >= 15 is 0 Å². The molecule has 0 atom stereocenters. The fraction of sp³-hybridized carbons (Fsp3) is 0.0455. The highest BCUT2D eigenvalue weighted by atomic mass is 19.4. The number of hydrogen-bond acceptors (Lipinski definition) is 4. The Morgan fingerprint density at radius 1 is 0.867 bits per heavy atom. The second kappa shape index (κ2) is 7.47. The summed E-state index contributed by atoms with van der Waals surface area (Å²) >= 11 is 0. The summed E-state index contributed by atoms with van der Waals surface area (Å²) in [5, 5.41) is 0. The fourth-order valence-corrected chi connectivity index (χ4v) is 3.01. The van der Waals surface area contributed by atoms with Gasteiger partial charge in [0.15, 0.2) is 5.82 Å². The number of fused-ring (bicyclic) bond motifs is 1. The summed E-state index contributed by atoms with van der Waals surface area (Å²) in [6.07, 6.45) is -3.24. The average Bonchev–Trinajstić information content (AvgIpc) is 3.12. The van der Waals surface area contributed by atoms with E-state index in [2.05, 4.69) is 4.98 Å². The molecule has 2 heterocycles. The Bertz CT molecular complexity index is 1250. The largest absolute Gasteiger partial charge is 0.417 e. The zero-order chi connectivity index (χ0) is 21.3. The van der Waals surface area contributed by atoms with Gasteiger partial charge < -0.3 is 4.74 Å². The maximum atomic E-state index is 13.4. The summed E-state index contributed by atoms with van der Waals surface area (Å²) in [6, 6.07) is 17.4. The van der Waals surface area contributed by atoms with Gasteiger partial charge in [-0.3, -0.25) is 9.20 Å². The van der Waals surface area contributed by atoms with Crippen LogP contribution in [-0.2, 0) is 6.18 Å². The number of nitrogens with zero attached hydrogens (tertiary/aromatic N) is 2. The van der Waals surface area contributed by atoms with E-state index in [1.807, 2.05) is 0 Å². The van der Waals surface area contributed by atoms with Crippen LogP contribution in [-0.4, -0.2) is 21.1 Å². The van der Waals surface area contributed by atoms with Gasteiger partial charge in [-0.05, 0) is 30.3 Å². The van der Waals surface area contributed by atoms with Gasteiger partial charge in [-0.15, -0.1) is 0 Å². The van der Waals surface area contributed by atoms with E-state index < -0.39 is 29.1 Å². The van der Waals surface area contributed by atoms with E-state index in [1.165, 1.54) is 22.7 Å². The topological polar surface area (TPSA) is 60.7 Å². The van der Waals surface area contributed by atoms with E-state index in [-0.39, 0.29) is 22.8 Å². The van der Waals surface area contributed by atoms with Crippen LogP contribution in [0.15, 0.2) is 79.0 Å². The predicted molar refractivity (Wildman–Crippen MR) is 101 cm³/mol. The number of hydrogen-bond donors (Lipinski definition) is 0. The van der Waals surface area contributed by atoms with Gasteiger partial charge in [0.05, 0.1) is 11.1 Å². The van der Waals surface area contributed by atoms with Gasteiger partial charge in [0.2, 0.25) is 11.7 Å². The van der Waals surface area contributed by atoms with Crippen molar-refractivity contribution >= 4 is 17.3 Å². The molecule has 2 aromatic heterocycles. The van der Waals surface area contributed by atoms with Crippen molar-refractivity contribution in [1.29, 1.82) is 0 Å². The molecule has 8 heteroatoms. The molecule has 0 saturated heterocycles. The van der Waals surface area contributed by atoms with Crippen molar-refractivity contribution in [3.63, 3.8) is 0 Å². The minimum Gasteiger partial charge on any atom is -0.401 e. The van der Waals surface area contributed by atoms with Crippen molar-refractivity contribution in [2.24, 2.45) is 0 Å². The van der Waals surface area contributed by atoms with Gasteiger partial charge in [0, 0.05) is 11.8 Å². The molecule has 0 unspecified atom stereocenters. The first-order chi connectivity index (χ1) is 14.4. The second-order valence-electron chi connectivity index (χ2n) is 6.32. The first kappa shape index (κ1) is 19.4. The Hall–Kier alpha value is -3.94. The Morgan fingerprint density at radius 3 is 2.27 bits per heavy atom. The molecule has 0 fully saturated rings. The van der Waals surface area contributed by atoms with E-state index in [0.29, 0.717) is 0 Å². The number of ether oxygens (including phenoxy) is 1. The van der Waals surface area contributed by atoms with E-state index in [1.54, 1.807) is 48.5 Å². The maximum Gasteiger partial charge on any atom is 0.417 e. The number of carbonyl (C=O) groups is 2. The molecule has 0 aliphatic heterocycles. The van der Waals surface area contributed by atoms with Crippen molar-refractivity contribution in [2.75, 3.05) is 0 Å². The van der Waals surface area contributed by atoms with Gasteiger partial charge in [0.1, 0.15) is 5.52 Å². The predicted octanol–water partition coefficient (Wildman–Crippen LogP) is 4.80. The van der Waals surface area contributed by atoms with E-state index in [0.717, 1.165) is 12.1 Å². The molecule has 0 amide bonds. The molecular weight excluding hydrogens is 397 g/mol. The Balaban J connectivity index is 1.79. The number of halogens is 3. The summed E-state index contributed by atoms with van der Waals surface area (Å²) in [5.74, 6) is -2.10. The van der Waals surface area contributed by atoms with Crippen molar-refractivity contribution in [2.45, 2.75) is 6.18 Å². The fourth-order valence-electron chi connectivity index (χ4n) is 3.01. The molecule has 0 N–H and O–H groups in total. The third-order valence-corrected chi connectivity index (χ3v) is 4.39. The van der Waals surface area contributed by atoms with Crippen molar-refractivity contribution in [1.82, 2.24) is 9.38 Å². The van der Waals surface area contributed by atoms with Crippen molar-refractivity contribution < 1.29 is 27.5 Å². The van der Waals surface area contributed by atoms with Gasteiger partial charge >= 0.3 is 12.1 Å². The number of imidazole rings is 1. The second-order valence-corrected chi connectivity index (χ2v) is 6.32. The molecule has 0 spiro atoms. The van der Waals surface area contributed by atoms with Crippen LogP contribution in [0.4, 0.5) is 13.2 Å². The van der Waals surface area contributed by atoms with Crippen LogP contribution in [0.1, 0.15) is 32.1 Å². The summed E-state index contributed by atoms with van der Waals surface area (Å²) in [7, 11) is 0. The molecule has 0 aliphatic rings. The number of aromatic nitrogens is 2. The van der Waals surface area contributed by atoms with Crippen LogP contribution in [0.3, 0.4) is 0 Å². The van der Waals surface area contributed by atoms with Crippen LogP contribution in [0.25, 0.3) is 5.52 Å². The van der Waals surface area contributed by atoms with Crippen LogP contribution < -0.4 is 4.74 Å². The van der Waals surface area contributed by atoms with Crippen molar-refractivity contribution in [3.8, 4) is 5.88 Å². The smallest absolute Gasteiger partial charge is 0.401 e. The maximum absolute atomic E-state index is 13.4. The number of pyridine rings is 1. The summed E-state index contributed by atoms with van der Waals surface area (Å²) in [5.41, 5.74) is -1.06. The summed E-state index contributed by atoms with van der Waals surface area (Å²) in [6.45, 7) is 0. The number of ketones is 1. The van der Waals surface area contributed by atoms with E-state index in [9.17, 15) is 22.8 Å². The Kier molecular flexibility index (Phi) is 4.83. The Morgan fingerprint density at radius 2 is 1.53 bits per heavy atom. The monoisotopic (exact) mass is 410 g/mol. The number of alkyl halides is 3. The van der Waals surface area contributed by atoms with Crippen molar-refractivity contribution in [3.05, 3.63) is 102 Å². The van der Waals surface area contributed by atoms with Crippen LogP contribution >= 0.6 is 0 Å². The van der Waals surface area contributed by atoms with Gasteiger partial charge in [-0.1, -0.05) is 42.5 Å². The molecule has 0 aliphatic carbocycles. The third-order valence-electron chi connectivity index (χ3n) is 4.39. The van der Waals surface area contributed by atoms with Crippen LogP contribution in [0.2, 0.25) is 0 Å². The number of carbonyl (C=O) groups excluding carboxylic acids is 2. The number of benzene rings is 2. The minimum atomic E-state index is -4.71. The lowest BCUT2D eigenvalue weighted by Crippen LogP contribution is -2.15. The van der Waals surface area contributed by atoms with Gasteiger partial charge in [-0.2, -0.15) is 18.2 Å². The highest BCUT2D eigenvalue weighted by molar-refractivity contribution is 6.08. The first-order valence-electron chi connectivity index (χ1n) is 8.81. The van der Waals surface area contributed by atoms with Gasteiger partial charge in [0.25, 0.3) is 0 Å². The molecule has 5 nitrogen and oxygen atoms in total. The quantitative estimate of drug-likeness (QED) is 0.358. The number of rotatable bonds is 4. The molecule has 30 heavy (non-hydrogen) atoms.